The van der Waals surface area contributed by atoms with Crippen LogP contribution in [0.1, 0.15) is 51.9 Å². The quantitative estimate of drug-likeness (QED) is 0.832. The molecule has 2 N–H and O–H groups in total. The number of amides is 2. The molecule has 2 aliphatic rings. The minimum Gasteiger partial charge on any atom is -0.481 e. The Labute approximate surface area is 120 Å². The second-order valence-electron chi connectivity index (χ2n) is 6.21. The van der Waals surface area contributed by atoms with Crippen molar-refractivity contribution >= 4 is 12.0 Å². The van der Waals surface area contributed by atoms with Gasteiger partial charge in [0.05, 0.1) is 0 Å². The Morgan fingerprint density at radius 3 is 2.70 bits per heavy atom. The summed E-state index contributed by atoms with van der Waals surface area (Å²) in [7, 11) is 0. The van der Waals surface area contributed by atoms with Crippen LogP contribution in [0.4, 0.5) is 4.79 Å². The summed E-state index contributed by atoms with van der Waals surface area (Å²) in [5, 5.41) is 12.0. The van der Waals surface area contributed by atoms with Crippen molar-refractivity contribution < 1.29 is 14.7 Å². The van der Waals surface area contributed by atoms with Crippen LogP contribution in [-0.2, 0) is 4.79 Å². The van der Waals surface area contributed by atoms with E-state index in [0.717, 1.165) is 19.3 Å². The fourth-order valence-corrected chi connectivity index (χ4v) is 3.57. The number of nitrogens with one attached hydrogen (secondary N) is 1. The highest BCUT2D eigenvalue weighted by atomic mass is 16.4. The third kappa shape index (κ3) is 3.87. The van der Waals surface area contributed by atoms with Crippen LogP contribution in [0.25, 0.3) is 0 Å². The first-order chi connectivity index (χ1) is 9.60. The number of rotatable bonds is 4. The smallest absolute Gasteiger partial charge is 0.317 e. The lowest BCUT2D eigenvalue weighted by Gasteiger charge is -2.33. The molecule has 0 bridgehead atoms. The summed E-state index contributed by atoms with van der Waals surface area (Å²) in [6, 6.07) is 0.308. The first kappa shape index (κ1) is 15.1. The first-order valence-electron chi connectivity index (χ1n) is 7.87. The van der Waals surface area contributed by atoms with Crippen molar-refractivity contribution in [2.75, 3.05) is 13.1 Å². The first-order valence-corrected chi connectivity index (χ1v) is 7.87. The van der Waals surface area contributed by atoms with Crippen LogP contribution in [0.15, 0.2) is 0 Å². The van der Waals surface area contributed by atoms with Crippen molar-refractivity contribution in [1.29, 1.82) is 0 Å². The van der Waals surface area contributed by atoms with Crippen LogP contribution < -0.4 is 5.32 Å². The average molecular weight is 282 g/mol. The third-order valence-corrected chi connectivity index (χ3v) is 4.78. The van der Waals surface area contributed by atoms with Gasteiger partial charge < -0.3 is 15.3 Å². The highest BCUT2D eigenvalue weighted by Gasteiger charge is 2.31. The van der Waals surface area contributed by atoms with Crippen LogP contribution in [0.2, 0.25) is 0 Å². The van der Waals surface area contributed by atoms with Crippen LogP contribution in [0.3, 0.4) is 0 Å². The van der Waals surface area contributed by atoms with Gasteiger partial charge in [-0.25, -0.2) is 4.79 Å². The predicted octanol–water partition coefficient (Wildman–Crippen LogP) is 2.46. The minimum atomic E-state index is -0.768. The zero-order valence-electron chi connectivity index (χ0n) is 12.3. The Bertz CT molecular complexity index is 359. The largest absolute Gasteiger partial charge is 0.481 e. The molecule has 114 valence electrons. The maximum atomic E-state index is 12.3. The summed E-state index contributed by atoms with van der Waals surface area (Å²) in [6.45, 7) is 3.46. The minimum absolute atomic E-state index is 0.00300. The van der Waals surface area contributed by atoms with Crippen molar-refractivity contribution in [1.82, 2.24) is 10.2 Å². The standard InChI is InChI=1S/C15H26N2O3/c1-2-12-5-3-4-6-13(12)16-15(20)17-8-7-11(10-17)9-14(18)19/h11-13H,2-10H2,1H3,(H,16,20)(H,18,19). The van der Waals surface area contributed by atoms with E-state index in [-0.39, 0.29) is 18.4 Å². The molecule has 1 heterocycles. The summed E-state index contributed by atoms with van der Waals surface area (Å²) in [5.74, 6) is -0.0488. The van der Waals surface area contributed by atoms with Gasteiger partial charge in [-0.05, 0) is 31.1 Å². The van der Waals surface area contributed by atoms with Gasteiger partial charge in [0.25, 0.3) is 0 Å². The SMILES string of the molecule is CCC1CCCCC1NC(=O)N1CCC(CC(=O)O)C1. The van der Waals surface area contributed by atoms with Gasteiger partial charge >= 0.3 is 12.0 Å². The molecule has 0 aromatic rings. The van der Waals surface area contributed by atoms with Gasteiger partial charge in [-0.15, -0.1) is 0 Å². The third-order valence-electron chi connectivity index (χ3n) is 4.78. The zero-order valence-corrected chi connectivity index (χ0v) is 12.3. The lowest BCUT2D eigenvalue weighted by atomic mass is 9.83. The van der Waals surface area contributed by atoms with Crippen molar-refractivity contribution in [3.8, 4) is 0 Å². The average Bonchev–Trinajstić information content (AvgIpc) is 2.87. The summed E-state index contributed by atoms with van der Waals surface area (Å²) in [4.78, 5) is 24.8. The summed E-state index contributed by atoms with van der Waals surface area (Å²) < 4.78 is 0. The fourth-order valence-electron chi connectivity index (χ4n) is 3.57. The van der Waals surface area contributed by atoms with E-state index in [4.69, 9.17) is 5.11 Å². The van der Waals surface area contributed by atoms with Crippen molar-refractivity contribution in [2.24, 2.45) is 11.8 Å². The molecular formula is C15H26N2O3. The van der Waals surface area contributed by atoms with E-state index < -0.39 is 5.97 Å². The lowest BCUT2D eigenvalue weighted by Crippen LogP contribution is -2.47. The van der Waals surface area contributed by atoms with E-state index in [2.05, 4.69) is 12.2 Å². The zero-order chi connectivity index (χ0) is 14.5. The molecule has 2 fully saturated rings. The number of hydrogen-bond acceptors (Lipinski definition) is 2. The van der Waals surface area contributed by atoms with Crippen LogP contribution in [0.5, 0.6) is 0 Å². The summed E-state index contributed by atoms with van der Waals surface area (Å²) >= 11 is 0. The highest BCUT2D eigenvalue weighted by molar-refractivity contribution is 5.75. The lowest BCUT2D eigenvalue weighted by molar-refractivity contribution is -0.138. The number of hydrogen-bond donors (Lipinski definition) is 2. The van der Waals surface area contributed by atoms with Gasteiger partial charge in [-0.1, -0.05) is 26.2 Å². The van der Waals surface area contributed by atoms with E-state index in [1.54, 1.807) is 4.90 Å². The van der Waals surface area contributed by atoms with Gasteiger partial charge in [0, 0.05) is 25.6 Å². The highest BCUT2D eigenvalue weighted by Crippen LogP contribution is 2.27. The number of urea groups is 1. The Balaban J connectivity index is 1.81. The number of nitrogens with zero attached hydrogens (tertiary/aromatic N) is 1. The monoisotopic (exact) mass is 282 g/mol. The molecule has 0 aromatic heterocycles. The molecule has 1 saturated carbocycles. The molecule has 5 nitrogen and oxygen atoms in total. The number of aliphatic carboxylic acids is 1. The molecule has 5 heteroatoms. The molecule has 3 atom stereocenters. The summed E-state index contributed by atoms with van der Waals surface area (Å²) in [5.41, 5.74) is 0. The number of carbonyl (C=O) groups excluding carboxylic acids is 1. The fraction of sp³-hybridized carbons (Fsp3) is 0.867. The Hall–Kier alpha value is -1.26. The predicted molar refractivity (Wildman–Crippen MR) is 76.5 cm³/mol. The molecule has 2 amide bonds. The maximum Gasteiger partial charge on any atom is 0.317 e. The second kappa shape index (κ2) is 6.95. The number of carboxylic acids is 1. The van der Waals surface area contributed by atoms with Gasteiger partial charge in [0.2, 0.25) is 0 Å². The number of likely N-dealkylation sites (tertiary alicyclic amines) is 1. The van der Waals surface area contributed by atoms with E-state index in [0.29, 0.717) is 25.0 Å². The van der Waals surface area contributed by atoms with E-state index in [9.17, 15) is 9.59 Å². The molecule has 0 radical (unpaired) electrons. The molecule has 0 aromatic carbocycles. The van der Waals surface area contributed by atoms with Crippen LogP contribution >= 0.6 is 0 Å². The van der Waals surface area contributed by atoms with Crippen molar-refractivity contribution in [2.45, 2.75) is 57.9 Å². The Morgan fingerprint density at radius 2 is 2.00 bits per heavy atom. The molecule has 3 unspecified atom stereocenters. The normalized spacial score (nSPS) is 30.2. The Kier molecular flexibility index (Phi) is 5.26. The maximum absolute atomic E-state index is 12.3. The van der Waals surface area contributed by atoms with E-state index in [1.165, 1.54) is 19.3 Å². The number of carbonyl (C=O) groups is 2. The molecule has 1 saturated heterocycles. The molecule has 20 heavy (non-hydrogen) atoms. The molecule has 2 rings (SSSR count). The summed E-state index contributed by atoms with van der Waals surface area (Å²) in [6.07, 6.45) is 6.86. The van der Waals surface area contributed by atoms with Gasteiger partial charge in [0.15, 0.2) is 0 Å². The van der Waals surface area contributed by atoms with Crippen LogP contribution in [0, 0.1) is 11.8 Å². The molecule has 1 aliphatic heterocycles. The second-order valence-corrected chi connectivity index (χ2v) is 6.21. The molecule has 1 aliphatic carbocycles. The number of carboxylic acid groups (broad SMARTS) is 1. The van der Waals surface area contributed by atoms with E-state index >= 15 is 0 Å². The van der Waals surface area contributed by atoms with E-state index in [1.807, 2.05) is 0 Å². The van der Waals surface area contributed by atoms with Gasteiger partial charge in [0.1, 0.15) is 0 Å². The van der Waals surface area contributed by atoms with Crippen molar-refractivity contribution in [3.63, 3.8) is 0 Å². The van der Waals surface area contributed by atoms with Crippen LogP contribution in [-0.4, -0.2) is 41.1 Å². The Morgan fingerprint density at radius 1 is 1.25 bits per heavy atom. The van der Waals surface area contributed by atoms with Crippen molar-refractivity contribution in [3.05, 3.63) is 0 Å². The molecule has 0 spiro atoms. The van der Waals surface area contributed by atoms with Gasteiger partial charge in [-0.3, -0.25) is 4.79 Å². The van der Waals surface area contributed by atoms with Gasteiger partial charge in [-0.2, -0.15) is 0 Å². The topological polar surface area (TPSA) is 69.6 Å². The molecular weight excluding hydrogens is 256 g/mol.